The van der Waals surface area contributed by atoms with Crippen LogP contribution in [0.2, 0.25) is 10.4 Å². The molecule has 2 rings (SSSR count). The van der Waals surface area contributed by atoms with Gasteiger partial charge in [-0.2, -0.15) is 0 Å². The molecule has 0 radical (unpaired) electrons. The smallest absolute Gasteiger partial charge is 0.209 e. The number of nitrogens with zero attached hydrogens (tertiary/aromatic N) is 2. The van der Waals surface area contributed by atoms with Gasteiger partial charge in [-0.1, -0.05) is 11.6 Å². The van der Waals surface area contributed by atoms with Gasteiger partial charge in [0, 0.05) is 5.69 Å². The van der Waals surface area contributed by atoms with E-state index < -0.39 is 6.67 Å². The maximum Gasteiger partial charge on any atom is 0.209 e. The minimum absolute atomic E-state index is 0.0109. The third-order valence-electron chi connectivity index (χ3n) is 2.09. The van der Waals surface area contributed by atoms with Crippen LogP contribution >= 0.6 is 23.2 Å². The van der Waals surface area contributed by atoms with Crippen LogP contribution in [0.25, 0.3) is 5.69 Å². The molecule has 1 aromatic carbocycles. The third kappa shape index (κ3) is 1.90. The molecule has 16 heavy (non-hydrogen) atoms. The minimum Gasteiger partial charge on any atom is -0.283 e. The highest BCUT2D eigenvalue weighted by molar-refractivity contribution is 6.33. The molecule has 0 saturated carbocycles. The predicted octanol–water partition coefficient (Wildman–Crippen LogP) is 3.79. The highest BCUT2D eigenvalue weighted by Gasteiger charge is 2.15. The first-order chi connectivity index (χ1) is 7.63. The molecule has 0 atom stereocenters. The van der Waals surface area contributed by atoms with Crippen LogP contribution in [-0.4, -0.2) is 9.55 Å². The Morgan fingerprint density at radius 2 is 1.81 bits per heavy atom. The van der Waals surface area contributed by atoms with Gasteiger partial charge in [-0.3, -0.25) is 4.57 Å². The van der Waals surface area contributed by atoms with Crippen molar-refractivity contribution in [1.82, 2.24) is 9.55 Å². The number of alkyl halides is 1. The standard InChI is InChI=1S/C10H6Cl2F2N2/c11-9-8(5-13)16(10(12)15-9)7-3-1-6(14)2-4-7/h1-4H,5H2. The first kappa shape index (κ1) is 11.4. The van der Waals surface area contributed by atoms with Crippen molar-refractivity contribution in [3.8, 4) is 5.69 Å². The van der Waals surface area contributed by atoms with Crippen molar-refractivity contribution in [3.05, 3.63) is 46.2 Å². The maximum atomic E-state index is 12.7. The van der Waals surface area contributed by atoms with Gasteiger partial charge in [-0.05, 0) is 35.9 Å². The second-order valence-electron chi connectivity index (χ2n) is 3.06. The second-order valence-corrected chi connectivity index (χ2v) is 3.76. The topological polar surface area (TPSA) is 17.8 Å². The largest absolute Gasteiger partial charge is 0.283 e. The third-order valence-corrected chi connectivity index (χ3v) is 2.65. The Hall–Kier alpha value is -1.13. The molecule has 0 spiro atoms. The lowest BCUT2D eigenvalue weighted by atomic mass is 10.3. The highest BCUT2D eigenvalue weighted by Crippen LogP contribution is 2.26. The van der Waals surface area contributed by atoms with Gasteiger partial charge in [0.1, 0.15) is 12.5 Å². The zero-order valence-corrected chi connectivity index (χ0v) is 9.43. The molecule has 0 unspecified atom stereocenters. The van der Waals surface area contributed by atoms with Crippen LogP contribution in [0.4, 0.5) is 8.78 Å². The molecule has 0 N–H and O–H groups in total. The van der Waals surface area contributed by atoms with Crippen LogP contribution in [-0.2, 0) is 6.67 Å². The summed E-state index contributed by atoms with van der Waals surface area (Å²) in [7, 11) is 0. The van der Waals surface area contributed by atoms with E-state index in [1.807, 2.05) is 0 Å². The summed E-state index contributed by atoms with van der Waals surface area (Å²) >= 11 is 11.5. The molecule has 0 bridgehead atoms. The molecule has 84 valence electrons. The van der Waals surface area contributed by atoms with Crippen LogP contribution < -0.4 is 0 Å². The Morgan fingerprint density at radius 1 is 1.19 bits per heavy atom. The van der Waals surface area contributed by atoms with Gasteiger partial charge in [0.05, 0.1) is 5.69 Å². The minimum atomic E-state index is -0.796. The molecule has 1 aromatic heterocycles. The van der Waals surface area contributed by atoms with E-state index >= 15 is 0 Å². The molecular formula is C10H6Cl2F2N2. The molecule has 6 heteroatoms. The van der Waals surface area contributed by atoms with E-state index in [1.54, 1.807) is 0 Å². The van der Waals surface area contributed by atoms with Crippen LogP contribution in [0.3, 0.4) is 0 Å². The fourth-order valence-electron chi connectivity index (χ4n) is 1.37. The summed E-state index contributed by atoms with van der Waals surface area (Å²) in [6.45, 7) is -0.796. The van der Waals surface area contributed by atoms with Crippen molar-refractivity contribution in [2.75, 3.05) is 0 Å². The van der Waals surface area contributed by atoms with Gasteiger partial charge in [0.25, 0.3) is 0 Å². The molecule has 0 amide bonds. The zero-order valence-electron chi connectivity index (χ0n) is 7.92. The summed E-state index contributed by atoms with van der Waals surface area (Å²) in [6.07, 6.45) is 0. The molecule has 0 fully saturated rings. The number of rotatable bonds is 2. The van der Waals surface area contributed by atoms with Gasteiger partial charge in [-0.15, -0.1) is 0 Å². The predicted molar refractivity (Wildman–Crippen MR) is 58.4 cm³/mol. The van der Waals surface area contributed by atoms with Crippen molar-refractivity contribution < 1.29 is 8.78 Å². The van der Waals surface area contributed by atoms with Crippen molar-refractivity contribution in [1.29, 1.82) is 0 Å². The number of aromatic nitrogens is 2. The van der Waals surface area contributed by atoms with E-state index in [2.05, 4.69) is 4.98 Å². The van der Waals surface area contributed by atoms with E-state index in [0.29, 0.717) is 5.69 Å². The molecule has 0 aliphatic heterocycles. The number of benzene rings is 1. The van der Waals surface area contributed by atoms with Gasteiger partial charge < -0.3 is 0 Å². The molecule has 0 aliphatic rings. The van der Waals surface area contributed by atoms with E-state index in [9.17, 15) is 8.78 Å². The second kappa shape index (κ2) is 4.39. The van der Waals surface area contributed by atoms with E-state index in [1.165, 1.54) is 28.8 Å². The van der Waals surface area contributed by atoms with E-state index in [4.69, 9.17) is 23.2 Å². The average Bonchev–Trinajstić information content (AvgIpc) is 2.54. The van der Waals surface area contributed by atoms with Gasteiger partial charge >= 0.3 is 0 Å². The van der Waals surface area contributed by atoms with Crippen LogP contribution in [0.15, 0.2) is 24.3 Å². The Morgan fingerprint density at radius 3 is 2.38 bits per heavy atom. The number of hydrogen-bond acceptors (Lipinski definition) is 1. The van der Waals surface area contributed by atoms with Crippen molar-refractivity contribution in [2.45, 2.75) is 6.67 Å². The highest BCUT2D eigenvalue weighted by atomic mass is 35.5. The lowest BCUT2D eigenvalue weighted by molar-refractivity contribution is 0.471. The fourth-order valence-corrected chi connectivity index (χ4v) is 1.91. The first-order valence-corrected chi connectivity index (χ1v) is 5.13. The number of imidazole rings is 1. The number of hydrogen-bond donors (Lipinski definition) is 0. The summed E-state index contributed by atoms with van der Waals surface area (Å²) in [5.74, 6) is -0.382. The first-order valence-electron chi connectivity index (χ1n) is 4.38. The fraction of sp³-hybridized carbons (Fsp3) is 0.100. The van der Waals surface area contributed by atoms with Crippen molar-refractivity contribution >= 4 is 23.2 Å². The van der Waals surface area contributed by atoms with Crippen LogP contribution in [0, 0.1) is 5.82 Å². The van der Waals surface area contributed by atoms with Crippen LogP contribution in [0.1, 0.15) is 5.69 Å². The molecule has 2 aromatic rings. The Balaban J connectivity index is 2.59. The Labute approximate surface area is 100 Å². The summed E-state index contributed by atoms with van der Waals surface area (Å²) in [5, 5.41) is 0.0566. The van der Waals surface area contributed by atoms with Crippen LogP contribution in [0.5, 0.6) is 0 Å². The SMILES string of the molecule is FCc1c(Cl)nc(Cl)n1-c1ccc(F)cc1. The monoisotopic (exact) mass is 262 g/mol. The summed E-state index contributed by atoms with van der Waals surface area (Å²) < 4.78 is 26.8. The molecular weight excluding hydrogens is 257 g/mol. The molecule has 2 nitrogen and oxygen atoms in total. The summed E-state index contributed by atoms with van der Waals surface area (Å²) in [5.41, 5.74) is 0.664. The lowest BCUT2D eigenvalue weighted by Crippen LogP contribution is -1.99. The van der Waals surface area contributed by atoms with Gasteiger partial charge in [-0.25, -0.2) is 13.8 Å². The normalized spacial score (nSPS) is 10.8. The summed E-state index contributed by atoms with van der Waals surface area (Å²) in [4.78, 5) is 3.74. The molecule has 1 heterocycles. The summed E-state index contributed by atoms with van der Waals surface area (Å²) in [6, 6.07) is 5.44. The Bertz CT molecular complexity index is 508. The van der Waals surface area contributed by atoms with E-state index in [-0.39, 0.29) is 21.9 Å². The van der Waals surface area contributed by atoms with Crippen molar-refractivity contribution in [3.63, 3.8) is 0 Å². The molecule has 0 aliphatic carbocycles. The quantitative estimate of drug-likeness (QED) is 0.806. The average molecular weight is 263 g/mol. The lowest BCUT2D eigenvalue weighted by Gasteiger charge is -2.06. The van der Waals surface area contributed by atoms with E-state index in [0.717, 1.165) is 0 Å². The maximum absolute atomic E-state index is 12.7. The Kier molecular flexibility index (Phi) is 3.12. The van der Waals surface area contributed by atoms with Gasteiger partial charge in [0.15, 0.2) is 5.15 Å². The van der Waals surface area contributed by atoms with Gasteiger partial charge in [0.2, 0.25) is 5.28 Å². The molecule has 0 saturated heterocycles. The zero-order chi connectivity index (χ0) is 11.7. The van der Waals surface area contributed by atoms with Crippen molar-refractivity contribution in [2.24, 2.45) is 0 Å². The number of halogens is 4.